The van der Waals surface area contributed by atoms with Gasteiger partial charge in [0, 0.05) is 39.4 Å². The number of carbonyl (C=O) groups is 1. The summed E-state index contributed by atoms with van der Waals surface area (Å²) in [6.45, 7) is 3.03. The van der Waals surface area contributed by atoms with E-state index in [1.165, 1.54) is 0 Å². The molecule has 2 fully saturated rings. The molecule has 0 radical (unpaired) electrons. The lowest BCUT2D eigenvalue weighted by Crippen LogP contribution is -2.48. The molecule has 2 aromatic heterocycles. The highest BCUT2D eigenvalue weighted by molar-refractivity contribution is 6.30. The number of nitrogens with zero attached hydrogens (tertiary/aromatic N) is 7. The van der Waals surface area contributed by atoms with Crippen molar-refractivity contribution in [1.82, 2.24) is 24.6 Å². The Kier molecular flexibility index (Phi) is 3.33. The van der Waals surface area contributed by atoms with Crippen LogP contribution in [0.3, 0.4) is 0 Å². The Hall–Kier alpha value is -2.35. The van der Waals surface area contributed by atoms with Crippen molar-refractivity contribution in [1.29, 1.82) is 0 Å². The summed E-state index contributed by atoms with van der Waals surface area (Å²) in [4.78, 5) is 26.0. The lowest BCUT2D eigenvalue weighted by molar-refractivity contribution is 0.229. The van der Waals surface area contributed by atoms with Crippen LogP contribution >= 0.6 is 11.6 Å². The molecule has 0 unspecified atom stereocenters. The van der Waals surface area contributed by atoms with Crippen LogP contribution in [0.25, 0.3) is 0 Å². The molecule has 0 aliphatic carbocycles. The second-order valence-electron chi connectivity index (χ2n) is 5.79. The van der Waals surface area contributed by atoms with Crippen molar-refractivity contribution in [3.05, 3.63) is 29.8 Å². The predicted molar refractivity (Wildman–Crippen MR) is 85.9 cm³/mol. The highest BCUT2D eigenvalue weighted by Crippen LogP contribution is 2.27. The third-order valence-electron chi connectivity index (χ3n) is 4.24. The van der Waals surface area contributed by atoms with Gasteiger partial charge in [0.15, 0.2) is 0 Å². The van der Waals surface area contributed by atoms with Crippen molar-refractivity contribution in [3.63, 3.8) is 0 Å². The number of amides is 2. The first kappa shape index (κ1) is 14.3. The number of likely N-dealkylation sites (N-methyl/N-ethyl adjacent to an activating group) is 1. The summed E-state index contributed by atoms with van der Waals surface area (Å²) in [5, 5.41) is 4.93. The molecular formula is C14H16ClN7O. The van der Waals surface area contributed by atoms with Crippen molar-refractivity contribution in [3.8, 4) is 0 Å². The summed E-state index contributed by atoms with van der Waals surface area (Å²) in [6.07, 6.45) is 6.87. The number of carbonyl (C=O) groups excluding carboxylic acids is 1. The average Bonchev–Trinajstić information content (AvgIpc) is 3.08. The summed E-state index contributed by atoms with van der Waals surface area (Å²) in [5.74, 6) is 0.675. The van der Waals surface area contributed by atoms with Crippen molar-refractivity contribution < 1.29 is 4.79 Å². The normalized spacial score (nSPS) is 18.7. The van der Waals surface area contributed by atoms with Crippen molar-refractivity contribution in [2.75, 3.05) is 43.0 Å². The molecule has 0 bridgehead atoms. The van der Waals surface area contributed by atoms with Gasteiger partial charge in [0.05, 0.1) is 35.3 Å². The molecule has 9 heteroatoms. The highest BCUT2D eigenvalue weighted by atomic mass is 35.5. The molecule has 0 saturated carbocycles. The van der Waals surface area contributed by atoms with Gasteiger partial charge in [-0.25, -0.2) is 14.8 Å². The van der Waals surface area contributed by atoms with Crippen LogP contribution in [0.2, 0.25) is 5.02 Å². The van der Waals surface area contributed by atoms with E-state index in [9.17, 15) is 4.79 Å². The molecule has 0 N–H and O–H groups in total. The standard InChI is InChI=1S/C14H16ClN7O/c1-19-2-3-21(14(19)23)11-6-18-22(9-11)12-7-20(8-12)13-16-4-10(15)5-17-13/h4-6,9,12H,2-3,7-8H2,1H3. The van der Waals surface area contributed by atoms with Gasteiger partial charge in [-0.2, -0.15) is 5.10 Å². The molecule has 0 atom stereocenters. The summed E-state index contributed by atoms with van der Waals surface area (Å²) >= 11 is 5.80. The van der Waals surface area contributed by atoms with E-state index in [1.54, 1.807) is 28.4 Å². The van der Waals surface area contributed by atoms with Crippen molar-refractivity contribution in [2.24, 2.45) is 0 Å². The van der Waals surface area contributed by atoms with Gasteiger partial charge in [-0.1, -0.05) is 11.6 Å². The van der Waals surface area contributed by atoms with Gasteiger partial charge < -0.3 is 9.80 Å². The second kappa shape index (κ2) is 5.38. The topological polar surface area (TPSA) is 70.4 Å². The number of anilines is 2. The van der Waals surface area contributed by atoms with Crippen LogP contribution in [0, 0.1) is 0 Å². The summed E-state index contributed by atoms with van der Waals surface area (Å²) in [7, 11) is 1.81. The SMILES string of the molecule is CN1CCN(c2cnn(C3CN(c4ncc(Cl)cn4)C3)c2)C1=O. The van der Waals surface area contributed by atoms with E-state index in [1.807, 2.05) is 17.9 Å². The van der Waals surface area contributed by atoms with Crippen LogP contribution in [-0.4, -0.2) is 63.9 Å². The minimum Gasteiger partial charge on any atom is -0.336 e. The molecular weight excluding hydrogens is 318 g/mol. The predicted octanol–water partition coefficient (Wildman–Crippen LogP) is 1.26. The highest BCUT2D eigenvalue weighted by Gasteiger charge is 2.32. The van der Waals surface area contributed by atoms with E-state index in [-0.39, 0.29) is 12.1 Å². The lowest BCUT2D eigenvalue weighted by atomic mass is 10.1. The first-order valence-corrected chi connectivity index (χ1v) is 7.79. The van der Waals surface area contributed by atoms with Gasteiger partial charge in [0.2, 0.25) is 5.95 Å². The number of urea groups is 1. The molecule has 0 aromatic carbocycles. The molecule has 0 spiro atoms. The fourth-order valence-electron chi connectivity index (χ4n) is 2.81. The van der Waals surface area contributed by atoms with E-state index >= 15 is 0 Å². The zero-order valence-electron chi connectivity index (χ0n) is 12.6. The first-order chi connectivity index (χ1) is 11.1. The number of hydrogen-bond donors (Lipinski definition) is 0. The Morgan fingerprint density at radius 2 is 1.91 bits per heavy atom. The van der Waals surface area contributed by atoms with Crippen LogP contribution in [0.5, 0.6) is 0 Å². The van der Waals surface area contributed by atoms with Crippen LogP contribution in [0.4, 0.5) is 16.4 Å². The maximum Gasteiger partial charge on any atom is 0.324 e. The molecule has 8 nitrogen and oxygen atoms in total. The molecule has 2 aliphatic rings. The zero-order valence-corrected chi connectivity index (χ0v) is 13.4. The average molecular weight is 334 g/mol. The Morgan fingerprint density at radius 1 is 1.17 bits per heavy atom. The molecule has 2 saturated heterocycles. The van der Waals surface area contributed by atoms with Crippen LogP contribution in [-0.2, 0) is 0 Å². The fraction of sp³-hybridized carbons (Fsp3) is 0.429. The van der Waals surface area contributed by atoms with E-state index in [0.29, 0.717) is 17.5 Å². The molecule has 120 valence electrons. The molecule has 2 amide bonds. The van der Waals surface area contributed by atoms with Crippen molar-refractivity contribution >= 4 is 29.3 Å². The zero-order chi connectivity index (χ0) is 16.0. The third kappa shape index (κ3) is 2.48. The number of rotatable bonds is 3. The van der Waals surface area contributed by atoms with E-state index < -0.39 is 0 Å². The molecule has 23 heavy (non-hydrogen) atoms. The third-order valence-corrected chi connectivity index (χ3v) is 4.44. The minimum absolute atomic E-state index is 0.0225. The number of aromatic nitrogens is 4. The molecule has 2 aliphatic heterocycles. The monoisotopic (exact) mass is 333 g/mol. The smallest absolute Gasteiger partial charge is 0.324 e. The van der Waals surface area contributed by atoms with Gasteiger partial charge in [0.1, 0.15) is 0 Å². The maximum absolute atomic E-state index is 12.0. The van der Waals surface area contributed by atoms with Crippen LogP contribution in [0.15, 0.2) is 24.8 Å². The minimum atomic E-state index is 0.0225. The Morgan fingerprint density at radius 3 is 2.57 bits per heavy atom. The summed E-state index contributed by atoms with van der Waals surface area (Å²) in [6, 6.07) is 0.285. The Balaban J connectivity index is 1.41. The largest absolute Gasteiger partial charge is 0.336 e. The Labute approximate surface area is 138 Å². The van der Waals surface area contributed by atoms with Gasteiger partial charge in [-0.3, -0.25) is 9.58 Å². The van der Waals surface area contributed by atoms with Gasteiger partial charge in [0.25, 0.3) is 0 Å². The quantitative estimate of drug-likeness (QED) is 0.845. The fourth-order valence-corrected chi connectivity index (χ4v) is 2.91. The van der Waals surface area contributed by atoms with Gasteiger partial charge in [-0.15, -0.1) is 0 Å². The second-order valence-corrected chi connectivity index (χ2v) is 6.23. The lowest BCUT2D eigenvalue weighted by Gasteiger charge is -2.39. The molecule has 2 aromatic rings. The van der Waals surface area contributed by atoms with Gasteiger partial charge >= 0.3 is 6.03 Å². The van der Waals surface area contributed by atoms with E-state index in [4.69, 9.17) is 11.6 Å². The van der Waals surface area contributed by atoms with Gasteiger partial charge in [-0.05, 0) is 0 Å². The maximum atomic E-state index is 12.0. The van der Waals surface area contributed by atoms with Crippen LogP contribution in [0.1, 0.15) is 6.04 Å². The molecule has 4 heterocycles. The number of halogens is 1. The Bertz CT molecular complexity index is 725. The molecule has 4 rings (SSSR count). The van der Waals surface area contributed by atoms with E-state index in [2.05, 4.69) is 20.0 Å². The first-order valence-electron chi connectivity index (χ1n) is 7.41. The van der Waals surface area contributed by atoms with E-state index in [0.717, 1.165) is 25.3 Å². The van der Waals surface area contributed by atoms with Crippen LogP contribution < -0.4 is 9.80 Å². The number of hydrogen-bond acceptors (Lipinski definition) is 5. The summed E-state index contributed by atoms with van der Waals surface area (Å²) < 4.78 is 1.91. The summed E-state index contributed by atoms with van der Waals surface area (Å²) in [5.41, 5.74) is 0.848. The van der Waals surface area contributed by atoms with Crippen molar-refractivity contribution in [2.45, 2.75) is 6.04 Å².